The molecule has 0 spiro atoms. The van der Waals surface area contributed by atoms with Gasteiger partial charge in [-0.05, 0) is 42.8 Å². The van der Waals surface area contributed by atoms with Crippen molar-refractivity contribution in [3.05, 3.63) is 51.7 Å². The summed E-state index contributed by atoms with van der Waals surface area (Å²) in [5.41, 5.74) is 2.93. The first-order chi connectivity index (χ1) is 12.1. The Morgan fingerprint density at radius 3 is 2.72 bits per heavy atom. The predicted octanol–water partition coefficient (Wildman–Crippen LogP) is 2.93. The van der Waals surface area contributed by atoms with Crippen LogP contribution in [0, 0.1) is 6.92 Å². The van der Waals surface area contributed by atoms with Gasteiger partial charge in [0.05, 0.1) is 7.11 Å². The standard InChI is InChI=1S/C19H24N2O3S/c1-14-5-6-17(24-2)15(12-14)7-10-20-18(22)4-3-9-21-19(23)16-8-11-25-13-16/h5-6,8,11-13H,3-4,7,9-10H2,1-2H3,(H,20,22)(H,21,23). The van der Waals surface area contributed by atoms with E-state index in [1.807, 2.05) is 29.8 Å². The van der Waals surface area contributed by atoms with Crippen molar-refractivity contribution >= 4 is 23.2 Å². The van der Waals surface area contributed by atoms with Crippen molar-refractivity contribution in [2.75, 3.05) is 20.2 Å². The Hall–Kier alpha value is -2.34. The van der Waals surface area contributed by atoms with Crippen LogP contribution in [0.15, 0.2) is 35.0 Å². The fourth-order valence-electron chi connectivity index (χ4n) is 2.47. The Kier molecular flexibility index (Phi) is 7.47. The maximum atomic E-state index is 11.9. The summed E-state index contributed by atoms with van der Waals surface area (Å²) >= 11 is 1.49. The zero-order valence-corrected chi connectivity index (χ0v) is 15.4. The number of thiophene rings is 1. The maximum absolute atomic E-state index is 11.9. The number of rotatable bonds is 9. The van der Waals surface area contributed by atoms with Gasteiger partial charge in [0.15, 0.2) is 0 Å². The topological polar surface area (TPSA) is 67.4 Å². The predicted molar refractivity (Wildman–Crippen MR) is 100 cm³/mol. The molecule has 2 N–H and O–H groups in total. The third kappa shape index (κ3) is 6.23. The van der Waals surface area contributed by atoms with Crippen LogP contribution in [0.2, 0.25) is 0 Å². The highest BCUT2D eigenvalue weighted by molar-refractivity contribution is 7.08. The lowest BCUT2D eigenvalue weighted by molar-refractivity contribution is -0.121. The van der Waals surface area contributed by atoms with Crippen LogP contribution in [0.4, 0.5) is 0 Å². The van der Waals surface area contributed by atoms with Crippen LogP contribution < -0.4 is 15.4 Å². The number of methoxy groups -OCH3 is 1. The summed E-state index contributed by atoms with van der Waals surface area (Å²) in [6.45, 7) is 3.10. The van der Waals surface area contributed by atoms with Crippen molar-refractivity contribution < 1.29 is 14.3 Å². The van der Waals surface area contributed by atoms with Crippen LogP contribution in [0.1, 0.15) is 34.3 Å². The zero-order valence-electron chi connectivity index (χ0n) is 14.6. The molecule has 5 nitrogen and oxygen atoms in total. The van der Waals surface area contributed by atoms with Crippen molar-refractivity contribution in [2.24, 2.45) is 0 Å². The number of hydrogen-bond donors (Lipinski definition) is 2. The molecule has 0 saturated heterocycles. The van der Waals surface area contributed by atoms with E-state index in [2.05, 4.69) is 16.7 Å². The third-order valence-electron chi connectivity index (χ3n) is 3.80. The fourth-order valence-corrected chi connectivity index (χ4v) is 3.11. The first-order valence-corrected chi connectivity index (χ1v) is 9.25. The monoisotopic (exact) mass is 360 g/mol. The molecular weight excluding hydrogens is 336 g/mol. The van der Waals surface area contributed by atoms with Crippen LogP contribution in [0.3, 0.4) is 0 Å². The number of ether oxygens (including phenoxy) is 1. The molecule has 0 saturated carbocycles. The second-order valence-corrected chi connectivity index (χ2v) is 6.57. The lowest BCUT2D eigenvalue weighted by Gasteiger charge is -2.10. The van der Waals surface area contributed by atoms with Crippen LogP contribution in [0.5, 0.6) is 5.75 Å². The van der Waals surface area contributed by atoms with Gasteiger partial charge >= 0.3 is 0 Å². The summed E-state index contributed by atoms with van der Waals surface area (Å²) < 4.78 is 5.34. The number of benzene rings is 1. The minimum absolute atomic E-state index is 0.00333. The van der Waals surface area contributed by atoms with Gasteiger partial charge in [-0.2, -0.15) is 11.3 Å². The highest BCUT2D eigenvalue weighted by Crippen LogP contribution is 2.19. The highest BCUT2D eigenvalue weighted by atomic mass is 32.1. The van der Waals surface area contributed by atoms with Gasteiger partial charge in [-0.25, -0.2) is 0 Å². The van der Waals surface area contributed by atoms with Gasteiger partial charge in [0.1, 0.15) is 5.75 Å². The first-order valence-electron chi connectivity index (χ1n) is 8.30. The summed E-state index contributed by atoms with van der Waals surface area (Å²) in [5, 5.41) is 9.40. The largest absolute Gasteiger partial charge is 0.496 e. The molecule has 0 unspecified atom stereocenters. The molecule has 0 bridgehead atoms. The van der Waals surface area contributed by atoms with Gasteiger partial charge in [0.25, 0.3) is 5.91 Å². The van der Waals surface area contributed by atoms with Crippen LogP contribution >= 0.6 is 11.3 Å². The van der Waals surface area contributed by atoms with Gasteiger partial charge in [-0.15, -0.1) is 0 Å². The van der Waals surface area contributed by atoms with Crippen molar-refractivity contribution in [2.45, 2.75) is 26.2 Å². The van der Waals surface area contributed by atoms with E-state index in [-0.39, 0.29) is 11.8 Å². The zero-order chi connectivity index (χ0) is 18.1. The number of carbonyl (C=O) groups is 2. The van der Waals surface area contributed by atoms with Gasteiger partial charge in [0.2, 0.25) is 5.91 Å². The Bertz CT molecular complexity index is 699. The van der Waals surface area contributed by atoms with Gasteiger partial charge < -0.3 is 15.4 Å². The molecule has 6 heteroatoms. The van der Waals surface area contributed by atoms with Crippen molar-refractivity contribution in [1.29, 1.82) is 0 Å². The van der Waals surface area contributed by atoms with E-state index in [0.717, 1.165) is 17.7 Å². The molecule has 1 aromatic carbocycles. The number of hydrogen-bond acceptors (Lipinski definition) is 4. The van der Waals surface area contributed by atoms with E-state index in [1.54, 1.807) is 13.2 Å². The van der Waals surface area contributed by atoms with Crippen molar-refractivity contribution in [1.82, 2.24) is 10.6 Å². The molecule has 0 fully saturated rings. The minimum Gasteiger partial charge on any atom is -0.496 e. The number of nitrogens with one attached hydrogen (secondary N) is 2. The van der Waals surface area contributed by atoms with Crippen LogP contribution in [-0.2, 0) is 11.2 Å². The van der Waals surface area contributed by atoms with E-state index in [1.165, 1.54) is 16.9 Å². The van der Waals surface area contributed by atoms with E-state index >= 15 is 0 Å². The molecule has 25 heavy (non-hydrogen) atoms. The summed E-state index contributed by atoms with van der Waals surface area (Å²) in [4.78, 5) is 23.6. The average Bonchev–Trinajstić information content (AvgIpc) is 3.13. The lowest BCUT2D eigenvalue weighted by atomic mass is 10.1. The molecule has 2 rings (SSSR count). The maximum Gasteiger partial charge on any atom is 0.252 e. The summed E-state index contributed by atoms with van der Waals surface area (Å²) in [6, 6.07) is 7.81. The van der Waals surface area contributed by atoms with E-state index in [4.69, 9.17) is 4.74 Å². The molecule has 0 aliphatic rings. The lowest BCUT2D eigenvalue weighted by Crippen LogP contribution is -2.28. The molecule has 2 aromatic rings. The van der Waals surface area contributed by atoms with Crippen molar-refractivity contribution in [3.63, 3.8) is 0 Å². The summed E-state index contributed by atoms with van der Waals surface area (Å²) in [6.07, 6.45) is 1.75. The van der Waals surface area contributed by atoms with Crippen LogP contribution in [0.25, 0.3) is 0 Å². The normalized spacial score (nSPS) is 10.3. The van der Waals surface area contributed by atoms with Gasteiger partial charge in [-0.1, -0.05) is 17.7 Å². The fraction of sp³-hybridized carbons (Fsp3) is 0.368. The second kappa shape index (κ2) is 9.84. The molecule has 0 radical (unpaired) electrons. The Morgan fingerprint density at radius 2 is 2.00 bits per heavy atom. The Balaban J connectivity index is 1.63. The van der Waals surface area contributed by atoms with Gasteiger partial charge in [-0.3, -0.25) is 9.59 Å². The Labute approximate surface area is 152 Å². The molecule has 134 valence electrons. The van der Waals surface area contributed by atoms with Crippen molar-refractivity contribution in [3.8, 4) is 5.75 Å². The number of aryl methyl sites for hydroxylation is 1. The Morgan fingerprint density at radius 1 is 1.16 bits per heavy atom. The molecule has 1 aromatic heterocycles. The molecule has 0 aliphatic heterocycles. The first kappa shape index (κ1) is 19.0. The summed E-state index contributed by atoms with van der Waals surface area (Å²) in [7, 11) is 1.65. The molecular formula is C19H24N2O3S. The van der Waals surface area contributed by atoms with E-state index < -0.39 is 0 Å². The molecule has 1 heterocycles. The van der Waals surface area contributed by atoms with E-state index in [0.29, 0.717) is 31.5 Å². The SMILES string of the molecule is COc1ccc(C)cc1CCNC(=O)CCCNC(=O)c1ccsc1. The average molecular weight is 360 g/mol. The molecule has 2 amide bonds. The minimum atomic E-state index is -0.0896. The number of carbonyl (C=O) groups excluding carboxylic acids is 2. The van der Waals surface area contributed by atoms with Crippen LogP contribution in [-0.4, -0.2) is 32.0 Å². The smallest absolute Gasteiger partial charge is 0.252 e. The molecule has 0 atom stereocenters. The van der Waals surface area contributed by atoms with Gasteiger partial charge in [0, 0.05) is 30.5 Å². The third-order valence-corrected chi connectivity index (χ3v) is 4.49. The summed E-state index contributed by atoms with van der Waals surface area (Å²) in [5.74, 6) is 0.751. The molecule has 0 aliphatic carbocycles. The van der Waals surface area contributed by atoms with E-state index in [9.17, 15) is 9.59 Å². The number of amides is 2. The quantitative estimate of drug-likeness (QED) is 0.676. The second-order valence-electron chi connectivity index (χ2n) is 5.79. The highest BCUT2D eigenvalue weighted by Gasteiger charge is 2.07.